The first kappa shape index (κ1) is 12.5. The van der Waals surface area contributed by atoms with Crippen molar-refractivity contribution in [3.8, 4) is 6.07 Å². The standard InChI is InChI=1S/C14H10FNOS/c15-13-6-1-2-7-14(13)18(17)10-12-5-3-4-11(8-12)9-16/h1-8H,10H2. The molecule has 0 heterocycles. The molecule has 4 heteroatoms. The highest BCUT2D eigenvalue weighted by atomic mass is 32.2. The van der Waals surface area contributed by atoms with Gasteiger partial charge in [0.05, 0.1) is 33.1 Å². The average Bonchev–Trinajstić information content (AvgIpc) is 2.39. The van der Waals surface area contributed by atoms with E-state index in [-0.39, 0.29) is 10.6 Å². The summed E-state index contributed by atoms with van der Waals surface area (Å²) >= 11 is 0. The van der Waals surface area contributed by atoms with Gasteiger partial charge in [0, 0.05) is 0 Å². The van der Waals surface area contributed by atoms with Gasteiger partial charge in [-0.15, -0.1) is 0 Å². The first-order valence-electron chi connectivity index (χ1n) is 5.32. The number of halogens is 1. The maximum absolute atomic E-state index is 13.4. The summed E-state index contributed by atoms with van der Waals surface area (Å²) in [5.41, 5.74) is 1.27. The first-order chi connectivity index (χ1) is 8.70. The Hall–Kier alpha value is -1.99. The van der Waals surface area contributed by atoms with Gasteiger partial charge in [0.15, 0.2) is 0 Å². The molecule has 18 heavy (non-hydrogen) atoms. The van der Waals surface area contributed by atoms with Crippen molar-refractivity contribution in [2.45, 2.75) is 10.6 Å². The predicted molar refractivity (Wildman–Crippen MR) is 67.7 cm³/mol. The molecule has 0 fully saturated rings. The Kier molecular flexibility index (Phi) is 3.85. The van der Waals surface area contributed by atoms with Gasteiger partial charge in [0.25, 0.3) is 0 Å². The van der Waals surface area contributed by atoms with Crippen LogP contribution in [0.3, 0.4) is 0 Å². The Morgan fingerprint density at radius 1 is 1.17 bits per heavy atom. The lowest BCUT2D eigenvalue weighted by Crippen LogP contribution is -1.99. The zero-order valence-corrected chi connectivity index (χ0v) is 10.3. The van der Waals surface area contributed by atoms with E-state index in [1.807, 2.05) is 6.07 Å². The molecule has 1 atom stereocenters. The van der Waals surface area contributed by atoms with Crippen molar-refractivity contribution in [1.82, 2.24) is 0 Å². The largest absolute Gasteiger partial charge is 0.254 e. The number of nitrogens with zero attached hydrogens (tertiary/aromatic N) is 1. The van der Waals surface area contributed by atoms with Gasteiger partial charge in [-0.05, 0) is 29.8 Å². The lowest BCUT2D eigenvalue weighted by molar-refractivity contribution is 0.595. The summed E-state index contributed by atoms with van der Waals surface area (Å²) in [6.07, 6.45) is 0. The minimum absolute atomic E-state index is 0.194. The quantitative estimate of drug-likeness (QED) is 0.850. The molecule has 0 aliphatic carbocycles. The minimum Gasteiger partial charge on any atom is -0.254 e. The smallest absolute Gasteiger partial charge is 0.139 e. The minimum atomic E-state index is -1.44. The van der Waals surface area contributed by atoms with Crippen molar-refractivity contribution in [2.75, 3.05) is 0 Å². The summed E-state index contributed by atoms with van der Waals surface area (Å²) in [4.78, 5) is 0.194. The van der Waals surface area contributed by atoms with Crippen molar-refractivity contribution in [3.63, 3.8) is 0 Å². The molecule has 0 aliphatic rings. The van der Waals surface area contributed by atoms with E-state index in [2.05, 4.69) is 0 Å². The third-order valence-electron chi connectivity index (χ3n) is 2.44. The second-order valence-corrected chi connectivity index (χ2v) is 5.15. The highest BCUT2D eigenvalue weighted by Gasteiger charge is 2.10. The zero-order valence-electron chi connectivity index (χ0n) is 9.47. The Morgan fingerprint density at radius 2 is 1.94 bits per heavy atom. The van der Waals surface area contributed by atoms with Crippen molar-refractivity contribution >= 4 is 10.8 Å². The van der Waals surface area contributed by atoms with Crippen LogP contribution in [0.15, 0.2) is 53.4 Å². The molecule has 2 aromatic rings. The molecule has 0 saturated heterocycles. The highest BCUT2D eigenvalue weighted by molar-refractivity contribution is 7.84. The highest BCUT2D eigenvalue weighted by Crippen LogP contribution is 2.16. The normalized spacial score (nSPS) is 11.8. The van der Waals surface area contributed by atoms with Gasteiger partial charge in [-0.25, -0.2) is 4.39 Å². The van der Waals surface area contributed by atoms with Gasteiger partial charge >= 0.3 is 0 Å². The predicted octanol–water partition coefficient (Wildman–Crippen LogP) is 3.01. The molecule has 0 saturated carbocycles. The van der Waals surface area contributed by atoms with Crippen molar-refractivity contribution in [3.05, 3.63) is 65.5 Å². The van der Waals surface area contributed by atoms with E-state index in [4.69, 9.17) is 5.26 Å². The van der Waals surface area contributed by atoms with Gasteiger partial charge in [-0.3, -0.25) is 4.21 Å². The molecule has 2 nitrogen and oxygen atoms in total. The maximum Gasteiger partial charge on any atom is 0.139 e. The van der Waals surface area contributed by atoms with Gasteiger partial charge in [-0.1, -0.05) is 24.3 Å². The third kappa shape index (κ3) is 2.82. The number of hydrogen-bond acceptors (Lipinski definition) is 2. The van der Waals surface area contributed by atoms with E-state index < -0.39 is 16.6 Å². The summed E-state index contributed by atoms with van der Waals surface area (Å²) < 4.78 is 25.5. The van der Waals surface area contributed by atoms with E-state index in [0.29, 0.717) is 5.56 Å². The van der Waals surface area contributed by atoms with Crippen LogP contribution in [0.2, 0.25) is 0 Å². The summed E-state index contributed by atoms with van der Waals surface area (Å²) in [5, 5.41) is 8.77. The van der Waals surface area contributed by atoms with Crippen LogP contribution in [-0.4, -0.2) is 4.21 Å². The molecule has 0 N–H and O–H groups in total. The van der Waals surface area contributed by atoms with E-state index in [1.54, 1.807) is 36.4 Å². The number of rotatable bonds is 3. The molecule has 0 radical (unpaired) electrons. The summed E-state index contributed by atoms with van der Waals surface area (Å²) in [7, 11) is -1.44. The number of hydrogen-bond donors (Lipinski definition) is 0. The van der Waals surface area contributed by atoms with Crippen LogP contribution in [0.25, 0.3) is 0 Å². The molecule has 0 amide bonds. The van der Waals surface area contributed by atoms with Crippen LogP contribution >= 0.6 is 0 Å². The molecular formula is C14H10FNOS. The number of nitriles is 1. The monoisotopic (exact) mass is 259 g/mol. The molecular weight excluding hydrogens is 249 g/mol. The summed E-state index contributed by atoms with van der Waals surface area (Å²) in [6.45, 7) is 0. The van der Waals surface area contributed by atoms with Crippen LogP contribution in [-0.2, 0) is 16.6 Å². The van der Waals surface area contributed by atoms with Gasteiger partial charge in [0.2, 0.25) is 0 Å². The Bertz CT molecular complexity index is 634. The fraction of sp³-hybridized carbons (Fsp3) is 0.0714. The SMILES string of the molecule is N#Cc1cccc(CS(=O)c2ccccc2F)c1. The topological polar surface area (TPSA) is 40.9 Å². The third-order valence-corrected chi connectivity index (χ3v) is 3.85. The first-order valence-corrected chi connectivity index (χ1v) is 6.64. The lowest BCUT2D eigenvalue weighted by Gasteiger charge is -2.04. The molecule has 1 unspecified atom stereocenters. The molecule has 0 spiro atoms. The van der Waals surface area contributed by atoms with Crippen LogP contribution in [0.1, 0.15) is 11.1 Å². The molecule has 0 aromatic heterocycles. The van der Waals surface area contributed by atoms with E-state index in [0.717, 1.165) is 5.56 Å². The Morgan fingerprint density at radius 3 is 2.67 bits per heavy atom. The average molecular weight is 259 g/mol. The van der Waals surface area contributed by atoms with Crippen LogP contribution in [0.5, 0.6) is 0 Å². The van der Waals surface area contributed by atoms with E-state index >= 15 is 0 Å². The second kappa shape index (κ2) is 5.56. The molecule has 0 aliphatic heterocycles. The molecule has 90 valence electrons. The van der Waals surface area contributed by atoms with Gasteiger partial charge < -0.3 is 0 Å². The second-order valence-electron chi connectivity index (χ2n) is 3.73. The van der Waals surface area contributed by atoms with E-state index in [1.165, 1.54) is 12.1 Å². The van der Waals surface area contributed by atoms with Crippen LogP contribution in [0.4, 0.5) is 4.39 Å². The Balaban J connectivity index is 2.22. The van der Waals surface area contributed by atoms with E-state index in [9.17, 15) is 8.60 Å². The van der Waals surface area contributed by atoms with Crippen molar-refractivity contribution in [1.29, 1.82) is 5.26 Å². The van der Waals surface area contributed by atoms with Crippen molar-refractivity contribution in [2.24, 2.45) is 0 Å². The van der Waals surface area contributed by atoms with Crippen LogP contribution < -0.4 is 0 Å². The Labute approximate surface area is 107 Å². The fourth-order valence-electron chi connectivity index (χ4n) is 1.59. The molecule has 2 aromatic carbocycles. The van der Waals surface area contributed by atoms with Crippen molar-refractivity contribution < 1.29 is 8.60 Å². The molecule has 0 bridgehead atoms. The maximum atomic E-state index is 13.4. The fourth-order valence-corrected chi connectivity index (χ4v) is 2.74. The summed E-state index contributed by atoms with van der Waals surface area (Å²) in [5.74, 6) is -0.261. The lowest BCUT2D eigenvalue weighted by atomic mass is 10.2. The van der Waals surface area contributed by atoms with Gasteiger partial charge in [-0.2, -0.15) is 5.26 Å². The molecule has 2 rings (SSSR count). The van der Waals surface area contributed by atoms with Gasteiger partial charge in [0.1, 0.15) is 5.82 Å². The summed E-state index contributed by atoms with van der Waals surface area (Å²) in [6, 6.07) is 14.9. The van der Waals surface area contributed by atoms with Crippen LogP contribution in [0, 0.1) is 17.1 Å². The number of benzene rings is 2. The zero-order chi connectivity index (χ0) is 13.0.